The topological polar surface area (TPSA) is 49.9 Å². The van der Waals surface area contributed by atoms with Crippen molar-refractivity contribution < 1.29 is 9.13 Å². The van der Waals surface area contributed by atoms with Crippen LogP contribution in [0.15, 0.2) is 42.6 Å². The molecule has 0 radical (unpaired) electrons. The molecule has 0 aliphatic carbocycles. The molecule has 0 aliphatic rings. The van der Waals surface area contributed by atoms with Gasteiger partial charge in [0, 0.05) is 17.1 Å². The number of anilines is 1. The van der Waals surface area contributed by atoms with Crippen molar-refractivity contribution in [3.8, 4) is 5.75 Å². The molecular formula is C16H16FN3O. The zero-order valence-electron chi connectivity index (χ0n) is 11.9. The van der Waals surface area contributed by atoms with Gasteiger partial charge in [0.1, 0.15) is 0 Å². The standard InChI is InChI=1S/C16H16FN3O/c1-10(11-4-6-16(21-2)14(17)7-11)19-13-5-3-12-9-18-20-15(12)8-13/h3-10,19H,1-2H3,(H,18,20). The number of nitrogens with one attached hydrogen (secondary N) is 2. The maximum atomic E-state index is 13.8. The summed E-state index contributed by atoms with van der Waals surface area (Å²) in [5, 5.41) is 11.3. The molecule has 0 amide bonds. The SMILES string of the molecule is COc1ccc(C(C)Nc2ccc3cn[nH]c3c2)cc1F. The minimum absolute atomic E-state index is 0.0224. The van der Waals surface area contributed by atoms with Crippen molar-refractivity contribution >= 4 is 16.6 Å². The van der Waals surface area contributed by atoms with Crippen LogP contribution in [-0.2, 0) is 0 Å². The number of hydrogen-bond acceptors (Lipinski definition) is 3. The first-order valence-corrected chi connectivity index (χ1v) is 6.70. The molecule has 0 spiro atoms. The zero-order valence-corrected chi connectivity index (χ0v) is 11.9. The maximum absolute atomic E-state index is 13.8. The Morgan fingerprint density at radius 3 is 2.86 bits per heavy atom. The highest BCUT2D eigenvalue weighted by Crippen LogP contribution is 2.25. The van der Waals surface area contributed by atoms with Crippen LogP contribution in [0.2, 0.25) is 0 Å². The van der Waals surface area contributed by atoms with E-state index in [1.165, 1.54) is 13.2 Å². The van der Waals surface area contributed by atoms with Crippen LogP contribution < -0.4 is 10.1 Å². The van der Waals surface area contributed by atoms with E-state index >= 15 is 0 Å². The van der Waals surface area contributed by atoms with Crippen molar-refractivity contribution in [3.63, 3.8) is 0 Å². The van der Waals surface area contributed by atoms with Crippen LogP contribution in [0.3, 0.4) is 0 Å². The van der Waals surface area contributed by atoms with Gasteiger partial charge >= 0.3 is 0 Å². The highest BCUT2D eigenvalue weighted by molar-refractivity contribution is 5.81. The third-order valence-electron chi connectivity index (χ3n) is 3.50. The molecule has 2 aromatic carbocycles. The van der Waals surface area contributed by atoms with Gasteiger partial charge in [-0.3, -0.25) is 5.10 Å². The van der Waals surface area contributed by atoms with Crippen molar-refractivity contribution in [2.24, 2.45) is 0 Å². The number of ether oxygens (including phenoxy) is 1. The van der Waals surface area contributed by atoms with E-state index in [4.69, 9.17) is 4.74 Å². The van der Waals surface area contributed by atoms with E-state index in [1.54, 1.807) is 12.3 Å². The lowest BCUT2D eigenvalue weighted by molar-refractivity contribution is 0.386. The van der Waals surface area contributed by atoms with Crippen molar-refractivity contribution in [1.82, 2.24) is 10.2 Å². The lowest BCUT2D eigenvalue weighted by atomic mass is 10.1. The van der Waals surface area contributed by atoms with Gasteiger partial charge in [-0.25, -0.2) is 4.39 Å². The number of H-pyrrole nitrogens is 1. The van der Waals surface area contributed by atoms with Gasteiger partial charge in [-0.05, 0) is 42.8 Å². The molecule has 21 heavy (non-hydrogen) atoms. The summed E-state index contributed by atoms with van der Waals surface area (Å²) in [4.78, 5) is 0. The molecule has 0 aliphatic heterocycles. The van der Waals surface area contributed by atoms with Crippen LogP contribution in [0.5, 0.6) is 5.75 Å². The molecule has 1 unspecified atom stereocenters. The third kappa shape index (κ3) is 2.67. The second-order valence-corrected chi connectivity index (χ2v) is 4.93. The van der Waals surface area contributed by atoms with Crippen molar-refractivity contribution in [2.45, 2.75) is 13.0 Å². The van der Waals surface area contributed by atoms with E-state index in [1.807, 2.05) is 31.2 Å². The average molecular weight is 285 g/mol. The molecule has 3 aromatic rings. The smallest absolute Gasteiger partial charge is 0.165 e. The van der Waals surface area contributed by atoms with E-state index < -0.39 is 0 Å². The lowest BCUT2D eigenvalue weighted by Crippen LogP contribution is -2.07. The number of methoxy groups -OCH3 is 1. The van der Waals surface area contributed by atoms with E-state index in [0.717, 1.165) is 22.2 Å². The molecule has 108 valence electrons. The summed E-state index contributed by atoms with van der Waals surface area (Å²) in [7, 11) is 1.46. The van der Waals surface area contributed by atoms with Crippen molar-refractivity contribution in [2.75, 3.05) is 12.4 Å². The zero-order chi connectivity index (χ0) is 14.8. The largest absolute Gasteiger partial charge is 0.494 e. The molecule has 0 saturated heterocycles. The molecule has 5 heteroatoms. The summed E-state index contributed by atoms with van der Waals surface area (Å²) in [5.74, 6) is -0.0995. The van der Waals surface area contributed by atoms with Gasteiger partial charge in [0.15, 0.2) is 11.6 Å². The minimum Gasteiger partial charge on any atom is -0.494 e. The maximum Gasteiger partial charge on any atom is 0.165 e. The first-order chi connectivity index (χ1) is 10.2. The number of aromatic amines is 1. The van der Waals surface area contributed by atoms with Crippen LogP contribution >= 0.6 is 0 Å². The fourth-order valence-electron chi connectivity index (χ4n) is 2.31. The van der Waals surface area contributed by atoms with Crippen LogP contribution in [-0.4, -0.2) is 17.3 Å². The van der Waals surface area contributed by atoms with Gasteiger partial charge in [-0.1, -0.05) is 6.07 Å². The molecule has 0 bridgehead atoms. The van der Waals surface area contributed by atoms with Gasteiger partial charge < -0.3 is 10.1 Å². The Balaban J connectivity index is 1.81. The molecular weight excluding hydrogens is 269 g/mol. The number of hydrogen-bond donors (Lipinski definition) is 2. The average Bonchev–Trinajstić information content (AvgIpc) is 2.94. The molecule has 0 fully saturated rings. The molecule has 0 saturated carbocycles. The number of nitrogens with zero attached hydrogens (tertiary/aromatic N) is 1. The van der Waals surface area contributed by atoms with Crippen LogP contribution in [0.1, 0.15) is 18.5 Å². The number of fused-ring (bicyclic) bond motifs is 1. The lowest BCUT2D eigenvalue weighted by Gasteiger charge is -2.16. The fourth-order valence-corrected chi connectivity index (χ4v) is 2.31. The summed E-state index contributed by atoms with van der Waals surface area (Å²) in [6, 6.07) is 10.9. The van der Waals surface area contributed by atoms with E-state index in [-0.39, 0.29) is 17.6 Å². The molecule has 4 nitrogen and oxygen atoms in total. The molecule has 3 rings (SSSR count). The highest BCUT2D eigenvalue weighted by atomic mass is 19.1. The first kappa shape index (κ1) is 13.4. The summed E-state index contributed by atoms with van der Waals surface area (Å²) < 4.78 is 18.7. The Labute approximate surface area is 121 Å². The minimum atomic E-state index is -0.354. The predicted molar refractivity (Wildman–Crippen MR) is 81.1 cm³/mol. The van der Waals surface area contributed by atoms with Crippen LogP contribution in [0, 0.1) is 5.82 Å². The van der Waals surface area contributed by atoms with Gasteiger partial charge in [-0.15, -0.1) is 0 Å². The number of rotatable bonds is 4. The third-order valence-corrected chi connectivity index (χ3v) is 3.50. The normalized spacial score (nSPS) is 12.3. The van der Waals surface area contributed by atoms with Crippen LogP contribution in [0.25, 0.3) is 10.9 Å². The summed E-state index contributed by atoms with van der Waals surface area (Å²) in [6.07, 6.45) is 1.78. The number of benzene rings is 2. The van der Waals surface area contributed by atoms with E-state index in [9.17, 15) is 4.39 Å². The first-order valence-electron chi connectivity index (χ1n) is 6.70. The second kappa shape index (κ2) is 5.44. The fraction of sp³-hybridized carbons (Fsp3) is 0.188. The Hall–Kier alpha value is -2.56. The van der Waals surface area contributed by atoms with E-state index in [0.29, 0.717) is 0 Å². The Morgan fingerprint density at radius 2 is 2.10 bits per heavy atom. The Bertz CT molecular complexity index is 769. The summed E-state index contributed by atoms with van der Waals surface area (Å²) in [5.41, 5.74) is 2.78. The van der Waals surface area contributed by atoms with Gasteiger partial charge in [0.05, 0.1) is 18.8 Å². The molecule has 1 heterocycles. The van der Waals surface area contributed by atoms with Crippen LogP contribution in [0.4, 0.5) is 10.1 Å². The van der Waals surface area contributed by atoms with Gasteiger partial charge in [0.25, 0.3) is 0 Å². The van der Waals surface area contributed by atoms with Gasteiger partial charge in [0.2, 0.25) is 0 Å². The van der Waals surface area contributed by atoms with Crippen molar-refractivity contribution in [1.29, 1.82) is 0 Å². The molecule has 1 aromatic heterocycles. The predicted octanol–water partition coefficient (Wildman–Crippen LogP) is 3.88. The summed E-state index contributed by atoms with van der Waals surface area (Å²) in [6.45, 7) is 1.98. The Kier molecular flexibility index (Phi) is 3.48. The molecule has 2 N–H and O–H groups in total. The van der Waals surface area contributed by atoms with Gasteiger partial charge in [-0.2, -0.15) is 5.10 Å². The summed E-state index contributed by atoms with van der Waals surface area (Å²) >= 11 is 0. The van der Waals surface area contributed by atoms with Crippen molar-refractivity contribution in [3.05, 3.63) is 54.0 Å². The number of halogens is 1. The quantitative estimate of drug-likeness (QED) is 0.764. The molecule has 1 atom stereocenters. The van der Waals surface area contributed by atoms with E-state index in [2.05, 4.69) is 15.5 Å². The highest BCUT2D eigenvalue weighted by Gasteiger charge is 2.10. The number of aromatic nitrogens is 2. The second-order valence-electron chi connectivity index (χ2n) is 4.93. The monoisotopic (exact) mass is 285 g/mol. The Morgan fingerprint density at radius 1 is 1.24 bits per heavy atom.